The van der Waals surface area contributed by atoms with Crippen LogP contribution in [-0.2, 0) is 14.4 Å². The molecule has 3 amide bonds. The minimum atomic E-state index is -0.872. The van der Waals surface area contributed by atoms with E-state index in [1.165, 1.54) is 0 Å². The first-order valence-electron chi connectivity index (χ1n) is 10.9. The second kappa shape index (κ2) is 9.81. The zero-order valence-corrected chi connectivity index (χ0v) is 18.9. The third kappa shape index (κ3) is 4.59. The lowest BCUT2D eigenvalue weighted by atomic mass is 9.82. The molecule has 0 saturated carbocycles. The fourth-order valence-corrected chi connectivity index (χ4v) is 4.44. The molecule has 0 radical (unpaired) electrons. The Hall–Kier alpha value is -3.41. The molecule has 1 aliphatic heterocycles. The summed E-state index contributed by atoms with van der Waals surface area (Å²) in [5.74, 6) is -2.29. The summed E-state index contributed by atoms with van der Waals surface area (Å²) in [4.78, 5) is 40.7. The molecule has 0 fully saturated rings. The molecule has 0 bridgehead atoms. The van der Waals surface area contributed by atoms with Gasteiger partial charge in [0.05, 0.1) is 17.5 Å². The first kappa shape index (κ1) is 23.3. The lowest BCUT2D eigenvalue weighted by Gasteiger charge is -2.28. The van der Waals surface area contributed by atoms with E-state index in [1.807, 2.05) is 62.4 Å². The van der Waals surface area contributed by atoms with Gasteiger partial charge in [0, 0.05) is 12.6 Å². The van der Waals surface area contributed by atoms with E-state index >= 15 is 0 Å². The number of benzene rings is 2. The van der Waals surface area contributed by atoms with E-state index in [4.69, 9.17) is 5.73 Å². The van der Waals surface area contributed by atoms with Crippen LogP contribution >= 0.6 is 0 Å². The maximum absolute atomic E-state index is 13.5. The maximum atomic E-state index is 13.5. The summed E-state index contributed by atoms with van der Waals surface area (Å²) >= 11 is 0. The van der Waals surface area contributed by atoms with Gasteiger partial charge in [0.2, 0.25) is 11.8 Å². The van der Waals surface area contributed by atoms with Crippen molar-refractivity contribution in [3.63, 3.8) is 0 Å². The van der Waals surface area contributed by atoms with Crippen LogP contribution in [0.5, 0.6) is 0 Å². The number of nitrogens with one attached hydrogen (secondary N) is 1. The highest BCUT2D eigenvalue weighted by Crippen LogP contribution is 2.39. The number of para-hydroxylation sites is 1. The molecular formula is C26H31N3O3. The van der Waals surface area contributed by atoms with Crippen molar-refractivity contribution >= 4 is 23.4 Å². The van der Waals surface area contributed by atoms with E-state index in [-0.39, 0.29) is 17.7 Å². The molecule has 1 unspecified atom stereocenters. The Morgan fingerprint density at radius 1 is 1.09 bits per heavy atom. The van der Waals surface area contributed by atoms with E-state index in [0.717, 1.165) is 22.4 Å². The summed E-state index contributed by atoms with van der Waals surface area (Å²) in [6, 6.07) is 14.4. The van der Waals surface area contributed by atoms with Gasteiger partial charge in [0.25, 0.3) is 5.91 Å². The van der Waals surface area contributed by atoms with Crippen molar-refractivity contribution in [2.24, 2.45) is 23.5 Å². The van der Waals surface area contributed by atoms with Crippen LogP contribution in [0.3, 0.4) is 0 Å². The van der Waals surface area contributed by atoms with E-state index in [2.05, 4.69) is 11.9 Å². The fourth-order valence-electron chi connectivity index (χ4n) is 4.44. The Kier molecular flexibility index (Phi) is 7.13. The highest BCUT2D eigenvalue weighted by Gasteiger charge is 2.37. The second-order valence-electron chi connectivity index (χ2n) is 8.71. The molecule has 32 heavy (non-hydrogen) atoms. The van der Waals surface area contributed by atoms with Crippen molar-refractivity contribution in [2.75, 3.05) is 11.9 Å². The number of hydrogen-bond acceptors (Lipinski definition) is 3. The second-order valence-corrected chi connectivity index (χ2v) is 8.71. The number of amides is 3. The number of nitrogens with zero attached hydrogens (tertiary/aromatic N) is 1. The van der Waals surface area contributed by atoms with Crippen LogP contribution in [0.4, 0.5) is 5.69 Å². The summed E-state index contributed by atoms with van der Waals surface area (Å²) in [7, 11) is 1.71. The Bertz CT molecular complexity index is 1030. The van der Waals surface area contributed by atoms with Crippen LogP contribution in [0, 0.1) is 17.8 Å². The van der Waals surface area contributed by atoms with Gasteiger partial charge in [-0.15, -0.1) is 6.58 Å². The average Bonchev–Trinajstić information content (AvgIpc) is 2.85. The number of nitrogens with two attached hydrogens (primary N) is 1. The number of allylic oxidation sites excluding steroid dienone is 1. The number of fused-ring (bicyclic) bond motifs is 3. The predicted octanol–water partition coefficient (Wildman–Crippen LogP) is 3.83. The number of primary amides is 1. The van der Waals surface area contributed by atoms with Gasteiger partial charge >= 0.3 is 0 Å². The summed E-state index contributed by atoms with van der Waals surface area (Å²) in [5.41, 5.74) is 8.96. The first-order chi connectivity index (χ1) is 15.3. The van der Waals surface area contributed by atoms with Crippen molar-refractivity contribution in [2.45, 2.75) is 32.7 Å². The monoisotopic (exact) mass is 433 g/mol. The smallest absolute Gasteiger partial charge is 0.253 e. The molecule has 1 heterocycles. The summed E-state index contributed by atoms with van der Waals surface area (Å²) in [6.45, 7) is 7.68. The fraction of sp³-hybridized carbons (Fsp3) is 0.346. The highest BCUT2D eigenvalue weighted by atomic mass is 16.2. The molecule has 0 aromatic heterocycles. The Morgan fingerprint density at radius 3 is 2.34 bits per heavy atom. The largest absolute Gasteiger partial charge is 0.369 e. The predicted molar refractivity (Wildman–Crippen MR) is 127 cm³/mol. The van der Waals surface area contributed by atoms with Crippen LogP contribution in [0.2, 0.25) is 0 Å². The highest BCUT2D eigenvalue weighted by molar-refractivity contribution is 6.06. The van der Waals surface area contributed by atoms with Gasteiger partial charge in [-0.1, -0.05) is 62.4 Å². The van der Waals surface area contributed by atoms with Crippen LogP contribution in [0.25, 0.3) is 11.1 Å². The van der Waals surface area contributed by atoms with Crippen LogP contribution < -0.4 is 16.0 Å². The number of carbonyl (C=O) groups excluding carboxylic acids is 3. The molecule has 168 valence electrons. The quantitative estimate of drug-likeness (QED) is 0.620. The van der Waals surface area contributed by atoms with E-state index in [0.29, 0.717) is 12.8 Å². The zero-order chi connectivity index (χ0) is 23.4. The number of rotatable bonds is 8. The lowest BCUT2D eigenvalue weighted by molar-refractivity contribution is -0.135. The van der Waals surface area contributed by atoms with Crippen LogP contribution in [0.1, 0.15) is 38.3 Å². The average molecular weight is 434 g/mol. The molecule has 3 atom stereocenters. The molecule has 0 aliphatic carbocycles. The number of likely N-dealkylation sites (N-methyl/N-ethyl adjacent to an activating group) is 1. The molecule has 2 aromatic rings. The first-order valence-corrected chi connectivity index (χ1v) is 10.9. The van der Waals surface area contributed by atoms with Crippen LogP contribution in [-0.4, -0.2) is 24.8 Å². The molecular weight excluding hydrogens is 402 g/mol. The summed E-state index contributed by atoms with van der Waals surface area (Å²) in [6.07, 6.45) is 2.39. The van der Waals surface area contributed by atoms with Crippen molar-refractivity contribution in [1.29, 1.82) is 0 Å². The van der Waals surface area contributed by atoms with E-state index in [1.54, 1.807) is 18.0 Å². The molecule has 1 aliphatic rings. The van der Waals surface area contributed by atoms with Gasteiger partial charge in [-0.3, -0.25) is 14.4 Å². The molecule has 0 saturated heterocycles. The number of hydrogen-bond donors (Lipinski definition) is 2. The Balaban J connectivity index is 2.03. The molecule has 6 heteroatoms. The van der Waals surface area contributed by atoms with Crippen molar-refractivity contribution in [3.8, 4) is 11.1 Å². The third-order valence-electron chi connectivity index (χ3n) is 6.03. The Morgan fingerprint density at radius 2 is 1.72 bits per heavy atom. The lowest BCUT2D eigenvalue weighted by Crippen LogP contribution is -2.46. The van der Waals surface area contributed by atoms with Gasteiger partial charge in [-0.05, 0) is 36.0 Å². The van der Waals surface area contributed by atoms with E-state index < -0.39 is 23.8 Å². The van der Waals surface area contributed by atoms with Crippen molar-refractivity contribution < 1.29 is 14.4 Å². The topological polar surface area (TPSA) is 92.5 Å². The molecule has 0 spiro atoms. The minimum absolute atomic E-state index is 0.168. The molecule has 3 rings (SSSR count). The number of anilines is 1. The van der Waals surface area contributed by atoms with Crippen LogP contribution in [0.15, 0.2) is 61.2 Å². The van der Waals surface area contributed by atoms with Gasteiger partial charge in [-0.2, -0.15) is 0 Å². The molecule has 3 N–H and O–H groups in total. The summed E-state index contributed by atoms with van der Waals surface area (Å²) < 4.78 is 0. The number of carbonyl (C=O) groups is 3. The zero-order valence-electron chi connectivity index (χ0n) is 18.9. The van der Waals surface area contributed by atoms with Gasteiger partial charge in [-0.25, -0.2) is 0 Å². The van der Waals surface area contributed by atoms with Gasteiger partial charge in [0.1, 0.15) is 6.04 Å². The van der Waals surface area contributed by atoms with Crippen molar-refractivity contribution in [3.05, 3.63) is 66.7 Å². The SMILES string of the molecule is C=CC[C@H](C(N)=O)[C@@H](CC(C)C)C(=O)NC1C(=O)N(C)c2ccccc2-c2ccccc21. The van der Waals surface area contributed by atoms with E-state index in [9.17, 15) is 14.4 Å². The Labute approximate surface area is 189 Å². The molecule has 2 aromatic carbocycles. The third-order valence-corrected chi connectivity index (χ3v) is 6.03. The standard InChI is InChI=1S/C26H31N3O3/c1-5-10-20(24(27)30)21(15-16(2)3)25(31)28-23-19-13-7-6-11-17(19)18-12-8-9-14-22(18)29(4)26(23)32/h5-9,11-14,16,20-21,23H,1,10,15H2,2-4H3,(H2,27,30)(H,28,31)/t20-,21+,23?/m0/s1. The molecule has 6 nitrogen and oxygen atoms in total. The summed E-state index contributed by atoms with van der Waals surface area (Å²) in [5, 5.41) is 2.96. The van der Waals surface area contributed by atoms with Gasteiger partial charge < -0.3 is 16.0 Å². The minimum Gasteiger partial charge on any atom is -0.369 e. The maximum Gasteiger partial charge on any atom is 0.253 e. The van der Waals surface area contributed by atoms with Crippen molar-refractivity contribution in [1.82, 2.24) is 5.32 Å². The normalized spacial score (nSPS) is 17.1. The van der Waals surface area contributed by atoms with Gasteiger partial charge in [0.15, 0.2) is 0 Å².